The van der Waals surface area contributed by atoms with Gasteiger partial charge in [0, 0.05) is 51.4 Å². The molecule has 3 aromatic rings. The summed E-state index contributed by atoms with van der Waals surface area (Å²) >= 11 is 0. The van der Waals surface area contributed by atoms with Crippen molar-refractivity contribution >= 4 is 64.5 Å². The van der Waals surface area contributed by atoms with Gasteiger partial charge < -0.3 is 30.3 Å². The maximum absolute atomic E-state index is 13.3. The predicted octanol–water partition coefficient (Wildman–Crippen LogP) is 2.19. The summed E-state index contributed by atoms with van der Waals surface area (Å²) < 4.78 is 11.8. The number of aromatic nitrogens is 2. The number of unbranched alkanes of at least 4 members (excludes halogenated alkanes) is 1. The number of amides is 7. The third kappa shape index (κ3) is 7.42. The van der Waals surface area contributed by atoms with Gasteiger partial charge in [0.15, 0.2) is 12.6 Å². The number of hydrogen-bond donors (Lipinski definition) is 4. The standard InChI is InChI=1S/C40H45N9O9/c1-4-28-38(55)47(2)27-21-43-40(46-34(27)49(28)18-7-8-19-49)44-25-13-12-23(20-30(25)57-3)35(52)42-17-6-5-16-41-32(51)22-58-29-11-9-10-24-33(29)39(56)48(37(24)54)26-14-15-31(50)45-36(26)53/h9-13,20-21,26,28H,4-8,14-19,22H2,1-3H3,(H3-,41,42,43,44,45,46,50,51,52,53)/p+1/t26?,28-/m1/s1. The van der Waals surface area contributed by atoms with Gasteiger partial charge in [-0.25, -0.2) is 4.98 Å². The molecule has 0 saturated carbocycles. The number of carbonyl (C=O) groups is 7. The van der Waals surface area contributed by atoms with E-state index >= 15 is 0 Å². The average Bonchev–Trinajstić information content (AvgIpc) is 3.81. The van der Waals surface area contributed by atoms with Crippen molar-refractivity contribution in [2.24, 2.45) is 0 Å². The molecular weight excluding hydrogens is 750 g/mol. The molecule has 1 aromatic heterocycles. The van der Waals surface area contributed by atoms with Crippen LogP contribution in [-0.4, -0.2) is 115 Å². The van der Waals surface area contributed by atoms with E-state index in [1.165, 1.54) is 25.3 Å². The number of piperidine rings is 1. The summed E-state index contributed by atoms with van der Waals surface area (Å²) in [6, 6.07) is 8.14. The lowest BCUT2D eigenvalue weighted by Gasteiger charge is -2.45. The minimum atomic E-state index is -1.12. The van der Waals surface area contributed by atoms with E-state index in [4.69, 9.17) is 14.5 Å². The number of benzene rings is 2. The lowest BCUT2D eigenvalue weighted by molar-refractivity contribution is -0.136. The molecule has 58 heavy (non-hydrogen) atoms. The summed E-state index contributed by atoms with van der Waals surface area (Å²) in [5.41, 5.74) is 1.69. The van der Waals surface area contributed by atoms with Crippen molar-refractivity contribution in [2.45, 2.75) is 64.0 Å². The van der Waals surface area contributed by atoms with E-state index in [1.54, 1.807) is 36.3 Å². The molecule has 2 atom stereocenters. The molecule has 1 spiro atoms. The molecular formula is C40H46N9O9+. The number of fused-ring (bicyclic) bond motifs is 3. The number of imide groups is 2. The number of rotatable bonds is 14. The predicted molar refractivity (Wildman–Crippen MR) is 210 cm³/mol. The van der Waals surface area contributed by atoms with E-state index < -0.39 is 42.2 Å². The molecule has 0 bridgehead atoms. The second-order valence-corrected chi connectivity index (χ2v) is 14.7. The number of nitrogens with one attached hydrogen (secondary N) is 4. The second kappa shape index (κ2) is 16.6. The monoisotopic (exact) mass is 796 g/mol. The fraction of sp³-hybridized carbons (Fsp3) is 0.425. The number of quaternary nitrogens is 1. The van der Waals surface area contributed by atoms with Gasteiger partial charge in [0.05, 0.1) is 43.2 Å². The Kier molecular flexibility index (Phi) is 11.4. The van der Waals surface area contributed by atoms with E-state index in [1.807, 2.05) is 6.92 Å². The number of methoxy groups -OCH3 is 1. The van der Waals surface area contributed by atoms with Gasteiger partial charge in [-0.1, -0.05) is 13.0 Å². The molecule has 18 heteroatoms. The first-order valence-corrected chi connectivity index (χ1v) is 19.5. The lowest BCUT2D eigenvalue weighted by atomic mass is 10.0. The summed E-state index contributed by atoms with van der Waals surface area (Å²) in [4.78, 5) is 101. The molecule has 2 saturated heterocycles. The molecule has 2 aromatic carbocycles. The van der Waals surface area contributed by atoms with Crippen LogP contribution in [0.4, 0.5) is 23.1 Å². The Labute approximate surface area is 334 Å². The SMILES string of the molecule is CC[C@@H]1C(=O)N(C)c2cnc(Nc3ccc(C(=O)NCCCCNC(=O)COc4cccc5c4C(=O)N(C4CCC(=O)NC4=O)C5=O)cc3OC)nc2[N+]12CCCC2. The molecule has 2 fully saturated rings. The van der Waals surface area contributed by atoms with Crippen LogP contribution in [0.5, 0.6) is 11.5 Å². The highest BCUT2D eigenvalue weighted by Gasteiger charge is 2.53. The summed E-state index contributed by atoms with van der Waals surface area (Å²) in [7, 11) is 3.28. The van der Waals surface area contributed by atoms with Crippen molar-refractivity contribution in [3.8, 4) is 11.5 Å². The third-order valence-electron chi connectivity index (χ3n) is 11.2. The Bertz CT molecular complexity index is 2190. The zero-order valence-electron chi connectivity index (χ0n) is 32.6. The fourth-order valence-corrected chi connectivity index (χ4v) is 8.28. The molecule has 7 rings (SSSR count). The number of anilines is 3. The van der Waals surface area contributed by atoms with Gasteiger partial charge in [-0.15, -0.1) is 0 Å². The van der Waals surface area contributed by atoms with Crippen LogP contribution in [0.15, 0.2) is 42.6 Å². The molecule has 4 aliphatic rings. The van der Waals surface area contributed by atoms with Gasteiger partial charge in [0.25, 0.3) is 35.4 Å². The van der Waals surface area contributed by atoms with Crippen LogP contribution >= 0.6 is 0 Å². The zero-order chi connectivity index (χ0) is 41.1. The van der Waals surface area contributed by atoms with Crippen molar-refractivity contribution in [1.29, 1.82) is 0 Å². The van der Waals surface area contributed by atoms with E-state index in [9.17, 15) is 33.6 Å². The van der Waals surface area contributed by atoms with Crippen molar-refractivity contribution < 1.29 is 43.0 Å². The Morgan fingerprint density at radius 2 is 1.74 bits per heavy atom. The van der Waals surface area contributed by atoms with Crippen molar-refractivity contribution in [1.82, 2.24) is 35.3 Å². The Morgan fingerprint density at radius 3 is 2.47 bits per heavy atom. The lowest BCUT2D eigenvalue weighted by Crippen LogP contribution is -2.64. The molecule has 5 heterocycles. The fourth-order valence-electron chi connectivity index (χ4n) is 8.28. The van der Waals surface area contributed by atoms with E-state index in [-0.39, 0.29) is 47.6 Å². The van der Waals surface area contributed by atoms with Crippen molar-refractivity contribution in [3.05, 3.63) is 59.3 Å². The zero-order valence-corrected chi connectivity index (χ0v) is 32.6. The first-order valence-electron chi connectivity index (χ1n) is 19.5. The van der Waals surface area contributed by atoms with Crippen molar-refractivity contribution in [3.63, 3.8) is 0 Å². The van der Waals surface area contributed by atoms with Crippen LogP contribution in [0, 0.1) is 0 Å². The molecule has 18 nitrogen and oxygen atoms in total. The van der Waals surface area contributed by atoms with Crippen LogP contribution < -0.4 is 40.1 Å². The third-order valence-corrected chi connectivity index (χ3v) is 11.2. The van der Waals surface area contributed by atoms with Gasteiger partial charge in [0.1, 0.15) is 23.2 Å². The number of nitrogens with zero attached hydrogens (tertiary/aromatic N) is 5. The van der Waals surface area contributed by atoms with Gasteiger partial charge >= 0.3 is 0 Å². The Hall–Kier alpha value is -6.43. The Balaban J connectivity index is 0.870. The van der Waals surface area contributed by atoms with Crippen LogP contribution in [0.2, 0.25) is 0 Å². The normalized spacial score (nSPS) is 19.5. The molecule has 1 unspecified atom stereocenters. The quantitative estimate of drug-likeness (QED) is 0.105. The number of likely N-dealkylation sites (N-methyl/N-ethyl adjacent to an activating group) is 1. The van der Waals surface area contributed by atoms with Crippen LogP contribution in [-0.2, 0) is 19.2 Å². The van der Waals surface area contributed by atoms with Gasteiger partial charge in [0.2, 0.25) is 17.8 Å². The molecule has 4 aliphatic heterocycles. The summed E-state index contributed by atoms with van der Waals surface area (Å²) in [5.74, 6) is -1.60. The summed E-state index contributed by atoms with van der Waals surface area (Å²) in [6.45, 7) is 3.97. The highest BCUT2D eigenvalue weighted by Crippen LogP contribution is 2.44. The van der Waals surface area contributed by atoms with Gasteiger partial charge in [-0.2, -0.15) is 4.98 Å². The summed E-state index contributed by atoms with van der Waals surface area (Å²) in [5, 5.41) is 11.0. The van der Waals surface area contributed by atoms with Crippen LogP contribution in [0.1, 0.15) is 82.9 Å². The summed E-state index contributed by atoms with van der Waals surface area (Å²) in [6.07, 6.45) is 5.58. The first-order chi connectivity index (χ1) is 28.0. The maximum Gasteiger partial charge on any atom is 0.285 e. The minimum Gasteiger partial charge on any atom is -0.495 e. The van der Waals surface area contributed by atoms with Gasteiger partial charge in [-0.3, -0.25) is 48.3 Å². The molecule has 7 amide bonds. The number of carbonyl (C=O) groups excluding carboxylic acids is 7. The number of hydrogen-bond acceptors (Lipinski definition) is 12. The van der Waals surface area contributed by atoms with Gasteiger partial charge in [-0.05, 0) is 49.6 Å². The van der Waals surface area contributed by atoms with E-state index in [0.717, 1.165) is 36.6 Å². The second-order valence-electron chi connectivity index (χ2n) is 14.7. The van der Waals surface area contributed by atoms with E-state index in [0.29, 0.717) is 65.5 Å². The highest BCUT2D eigenvalue weighted by atomic mass is 16.5. The van der Waals surface area contributed by atoms with Crippen LogP contribution in [0.3, 0.4) is 0 Å². The van der Waals surface area contributed by atoms with Crippen LogP contribution in [0.25, 0.3) is 0 Å². The molecule has 0 aliphatic carbocycles. The largest absolute Gasteiger partial charge is 0.495 e. The molecule has 304 valence electrons. The highest BCUT2D eigenvalue weighted by molar-refractivity contribution is 6.24. The average molecular weight is 797 g/mol. The maximum atomic E-state index is 13.3. The van der Waals surface area contributed by atoms with Crippen molar-refractivity contribution in [2.75, 3.05) is 57.2 Å². The minimum absolute atomic E-state index is 0.000752. The van der Waals surface area contributed by atoms with E-state index in [2.05, 4.69) is 26.3 Å². The smallest absolute Gasteiger partial charge is 0.285 e. The Morgan fingerprint density at radius 1 is 0.983 bits per heavy atom. The molecule has 4 N–H and O–H groups in total. The first kappa shape index (κ1) is 39.8. The molecule has 0 radical (unpaired) electrons. The number of ether oxygens (including phenoxy) is 2. The topological polar surface area (TPSA) is 218 Å².